The first-order chi connectivity index (χ1) is 13.6. The fourth-order valence-corrected chi connectivity index (χ4v) is 3.44. The van der Waals surface area contributed by atoms with Crippen LogP contribution in [-0.2, 0) is 25.6 Å². The van der Waals surface area contributed by atoms with E-state index in [1.165, 1.54) is 0 Å². The highest BCUT2D eigenvalue weighted by Crippen LogP contribution is 2.32. The van der Waals surface area contributed by atoms with Gasteiger partial charge in [-0.1, -0.05) is 44.2 Å². The molecule has 6 nitrogen and oxygen atoms in total. The molecule has 0 aliphatic carbocycles. The van der Waals surface area contributed by atoms with Crippen LogP contribution >= 0.6 is 0 Å². The lowest BCUT2D eigenvalue weighted by Gasteiger charge is -2.32. The minimum Gasteiger partial charge on any atom is -0.465 e. The number of carbonyl (C=O) groups is 2. The van der Waals surface area contributed by atoms with Gasteiger partial charge in [-0.2, -0.15) is 0 Å². The number of hydrogen-bond acceptors (Lipinski definition) is 5. The molecule has 2 rings (SSSR count). The molecular weight excluding hydrogens is 370 g/mol. The lowest BCUT2D eigenvalue weighted by atomic mass is 9.79. The average molecular weight is 406 g/mol. The van der Waals surface area contributed by atoms with E-state index in [2.05, 4.69) is 19.2 Å². The van der Waals surface area contributed by atoms with Gasteiger partial charge in [0.05, 0.1) is 19.1 Å². The lowest BCUT2D eigenvalue weighted by Crippen LogP contribution is -2.46. The largest absolute Gasteiger partial charge is 0.465 e. The fraction of sp³-hybridized carbons (Fsp3) is 0.652. The van der Waals surface area contributed by atoms with Crippen molar-refractivity contribution < 1.29 is 23.8 Å². The van der Waals surface area contributed by atoms with Crippen molar-refractivity contribution in [2.24, 2.45) is 11.3 Å². The summed E-state index contributed by atoms with van der Waals surface area (Å²) in [5.74, 6) is -0.589. The molecule has 1 unspecified atom stereocenters. The molecule has 1 N–H and O–H groups in total. The van der Waals surface area contributed by atoms with Crippen LogP contribution in [0.2, 0.25) is 0 Å². The van der Waals surface area contributed by atoms with Crippen LogP contribution in [-0.4, -0.2) is 36.9 Å². The topological polar surface area (TPSA) is 73.9 Å². The maximum absolute atomic E-state index is 12.3. The summed E-state index contributed by atoms with van der Waals surface area (Å²) in [6.07, 6.45) is 1.56. The lowest BCUT2D eigenvalue weighted by molar-refractivity contribution is -0.142. The van der Waals surface area contributed by atoms with Crippen LogP contribution < -0.4 is 5.32 Å². The van der Waals surface area contributed by atoms with Gasteiger partial charge in [0.1, 0.15) is 5.60 Å². The summed E-state index contributed by atoms with van der Waals surface area (Å²) in [5.41, 5.74) is 0.425. The van der Waals surface area contributed by atoms with E-state index in [1.807, 2.05) is 51.1 Å². The summed E-state index contributed by atoms with van der Waals surface area (Å²) < 4.78 is 16.4. The number of alkyl carbamates (subject to hydrolysis) is 1. The smallest absolute Gasteiger partial charge is 0.407 e. The second kappa shape index (κ2) is 10.1. The number of ether oxygens (including phenoxy) is 3. The molecule has 1 aromatic rings. The molecule has 2 atom stereocenters. The summed E-state index contributed by atoms with van der Waals surface area (Å²) in [6.45, 7) is 11.3. The Labute approximate surface area is 174 Å². The van der Waals surface area contributed by atoms with Crippen molar-refractivity contribution in [2.45, 2.75) is 72.1 Å². The van der Waals surface area contributed by atoms with Crippen molar-refractivity contribution in [1.29, 1.82) is 0 Å². The molecule has 1 amide bonds. The van der Waals surface area contributed by atoms with Crippen LogP contribution in [0.25, 0.3) is 0 Å². The Morgan fingerprint density at radius 2 is 1.90 bits per heavy atom. The molecule has 0 saturated carbocycles. The Morgan fingerprint density at radius 1 is 1.21 bits per heavy atom. The number of amides is 1. The summed E-state index contributed by atoms with van der Waals surface area (Å²) in [6, 6.07) is 9.73. The van der Waals surface area contributed by atoms with Gasteiger partial charge >= 0.3 is 12.1 Å². The number of cyclic esters (lactones) is 1. The molecule has 0 spiro atoms. The van der Waals surface area contributed by atoms with Gasteiger partial charge in [-0.3, -0.25) is 4.79 Å². The normalized spacial score (nSPS) is 18.2. The van der Waals surface area contributed by atoms with Gasteiger partial charge in [-0.25, -0.2) is 4.79 Å². The molecule has 1 aromatic carbocycles. The highest BCUT2D eigenvalue weighted by Gasteiger charge is 2.38. The molecule has 0 aromatic heterocycles. The average Bonchev–Trinajstić information content (AvgIpc) is 3.03. The molecule has 1 fully saturated rings. The van der Waals surface area contributed by atoms with Crippen LogP contribution in [0.3, 0.4) is 0 Å². The maximum Gasteiger partial charge on any atom is 0.407 e. The highest BCUT2D eigenvalue weighted by molar-refractivity contribution is 5.76. The molecule has 0 radical (unpaired) electrons. The molecule has 1 aliphatic rings. The standard InChI is InChI=1S/C23H35NO5/c1-22(2,3)29-21(26)24-19(18-11-13-28-20(18)25)15-23(4,5)12-14-27-16-17-9-7-6-8-10-17/h6-10,18-19H,11-16H2,1-5H3,(H,24,26)/t18?,19-/m0/s1. The van der Waals surface area contributed by atoms with Gasteiger partial charge in [0, 0.05) is 12.6 Å². The van der Waals surface area contributed by atoms with E-state index < -0.39 is 11.7 Å². The van der Waals surface area contributed by atoms with E-state index in [9.17, 15) is 9.59 Å². The number of carbonyl (C=O) groups excluding carboxylic acids is 2. The summed E-state index contributed by atoms with van der Waals surface area (Å²) in [4.78, 5) is 24.5. The van der Waals surface area contributed by atoms with Crippen molar-refractivity contribution in [2.75, 3.05) is 13.2 Å². The molecule has 1 aliphatic heterocycles. The molecule has 1 saturated heterocycles. The second-order valence-electron chi connectivity index (χ2n) is 9.47. The monoisotopic (exact) mass is 405 g/mol. The number of esters is 1. The third-order valence-electron chi connectivity index (χ3n) is 4.97. The van der Waals surface area contributed by atoms with Crippen LogP contribution in [0.4, 0.5) is 4.79 Å². The Balaban J connectivity index is 1.91. The van der Waals surface area contributed by atoms with E-state index in [-0.39, 0.29) is 23.3 Å². The van der Waals surface area contributed by atoms with Gasteiger partial charge < -0.3 is 19.5 Å². The molecule has 1 heterocycles. The fourth-order valence-electron chi connectivity index (χ4n) is 3.44. The summed E-state index contributed by atoms with van der Waals surface area (Å²) in [5, 5.41) is 2.92. The molecular formula is C23H35NO5. The number of nitrogens with one attached hydrogen (secondary N) is 1. The quantitative estimate of drug-likeness (QED) is 0.485. The van der Waals surface area contributed by atoms with Gasteiger partial charge in [0.25, 0.3) is 0 Å². The second-order valence-corrected chi connectivity index (χ2v) is 9.47. The van der Waals surface area contributed by atoms with Crippen LogP contribution in [0.1, 0.15) is 59.4 Å². The molecule has 29 heavy (non-hydrogen) atoms. The van der Waals surface area contributed by atoms with Crippen molar-refractivity contribution >= 4 is 12.1 Å². The molecule has 6 heteroatoms. The van der Waals surface area contributed by atoms with Gasteiger partial charge in [-0.15, -0.1) is 0 Å². The Morgan fingerprint density at radius 3 is 2.48 bits per heavy atom. The zero-order chi connectivity index (χ0) is 21.5. The summed E-state index contributed by atoms with van der Waals surface area (Å²) in [7, 11) is 0. The summed E-state index contributed by atoms with van der Waals surface area (Å²) >= 11 is 0. The van der Waals surface area contributed by atoms with Crippen molar-refractivity contribution in [3.63, 3.8) is 0 Å². The minimum absolute atomic E-state index is 0.126. The molecule has 162 valence electrons. The zero-order valence-electron chi connectivity index (χ0n) is 18.3. The number of hydrogen-bond donors (Lipinski definition) is 1. The van der Waals surface area contributed by atoms with Crippen molar-refractivity contribution in [3.05, 3.63) is 35.9 Å². The number of rotatable bonds is 9. The van der Waals surface area contributed by atoms with Gasteiger partial charge in [-0.05, 0) is 51.0 Å². The zero-order valence-corrected chi connectivity index (χ0v) is 18.3. The first-order valence-corrected chi connectivity index (χ1v) is 10.3. The third-order valence-corrected chi connectivity index (χ3v) is 4.97. The van der Waals surface area contributed by atoms with E-state index in [0.717, 1.165) is 12.0 Å². The minimum atomic E-state index is -0.592. The van der Waals surface area contributed by atoms with E-state index >= 15 is 0 Å². The SMILES string of the molecule is CC(C)(CCOCc1ccccc1)C[C@H](NC(=O)OC(C)(C)C)C1CCOC1=O. The van der Waals surface area contributed by atoms with Crippen molar-refractivity contribution in [1.82, 2.24) is 5.32 Å². The number of benzene rings is 1. The van der Waals surface area contributed by atoms with Gasteiger partial charge in [0.2, 0.25) is 0 Å². The predicted molar refractivity (Wildman–Crippen MR) is 111 cm³/mol. The van der Waals surface area contributed by atoms with E-state index in [4.69, 9.17) is 14.2 Å². The Kier molecular flexibility index (Phi) is 8.08. The first-order valence-electron chi connectivity index (χ1n) is 10.3. The Bertz CT molecular complexity index is 666. The van der Waals surface area contributed by atoms with Crippen LogP contribution in [0, 0.1) is 11.3 Å². The Hall–Kier alpha value is -2.08. The molecule has 0 bridgehead atoms. The van der Waals surface area contributed by atoms with E-state index in [1.54, 1.807) is 0 Å². The van der Waals surface area contributed by atoms with Gasteiger partial charge in [0.15, 0.2) is 0 Å². The van der Waals surface area contributed by atoms with Crippen molar-refractivity contribution in [3.8, 4) is 0 Å². The van der Waals surface area contributed by atoms with E-state index in [0.29, 0.717) is 32.7 Å². The third kappa shape index (κ3) is 8.44. The predicted octanol–water partition coefficient (Wildman–Crippen LogP) is 4.47. The highest BCUT2D eigenvalue weighted by atomic mass is 16.6. The maximum atomic E-state index is 12.3. The first kappa shape index (κ1) is 23.2. The van der Waals surface area contributed by atoms with Crippen LogP contribution in [0.5, 0.6) is 0 Å². The van der Waals surface area contributed by atoms with Crippen LogP contribution in [0.15, 0.2) is 30.3 Å².